The lowest BCUT2D eigenvalue weighted by atomic mass is 9.92. The molecular weight excluding hydrogens is 430 g/mol. The number of aromatic nitrogens is 3. The van der Waals surface area contributed by atoms with Crippen LogP contribution in [0.3, 0.4) is 0 Å². The zero-order valence-corrected chi connectivity index (χ0v) is 19.6. The molecule has 0 spiro atoms. The van der Waals surface area contributed by atoms with Crippen molar-refractivity contribution in [3.63, 3.8) is 0 Å². The van der Waals surface area contributed by atoms with Crippen LogP contribution in [-0.4, -0.2) is 72.5 Å². The summed E-state index contributed by atoms with van der Waals surface area (Å²) in [5, 5.41) is 23.4. The number of hydrogen-bond acceptors (Lipinski definition) is 6. The van der Waals surface area contributed by atoms with E-state index in [1.165, 1.54) is 11.0 Å². The fourth-order valence-electron chi connectivity index (χ4n) is 4.73. The molecule has 3 aromatic rings. The highest BCUT2D eigenvalue weighted by molar-refractivity contribution is 5.66. The first-order valence-corrected chi connectivity index (χ1v) is 11.5. The van der Waals surface area contributed by atoms with Gasteiger partial charge >= 0.3 is 5.97 Å². The molecule has 1 aliphatic heterocycles. The molecular formula is C26H31N5O3. The van der Waals surface area contributed by atoms with E-state index in [0.717, 1.165) is 36.3 Å². The van der Waals surface area contributed by atoms with E-state index in [9.17, 15) is 9.90 Å². The maximum Gasteiger partial charge on any atom is 0.325 e. The minimum atomic E-state index is -0.961. The molecule has 178 valence electrons. The van der Waals surface area contributed by atoms with Gasteiger partial charge < -0.3 is 10.2 Å². The summed E-state index contributed by atoms with van der Waals surface area (Å²) in [7, 11) is 0. The summed E-state index contributed by atoms with van der Waals surface area (Å²) >= 11 is 0. The van der Waals surface area contributed by atoms with Crippen molar-refractivity contribution in [2.45, 2.75) is 38.5 Å². The van der Waals surface area contributed by atoms with Gasteiger partial charge in [-0.3, -0.25) is 14.6 Å². The lowest BCUT2D eigenvalue weighted by Crippen LogP contribution is -2.57. The zero-order chi connectivity index (χ0) is 24.2. The Bertz CT molecular complexity index is 1140. The van der Waals surface area contributed by atoms with E-state index in [0.29, 0.717) is 17.9 Å². The number of hydrogen-bond donors (Lipinski definition) is 2. The number of benzene rings is 2. The van der Waals surface area contributed by atoms with Gasteiger partial charge in [-0.2, -0.15) is 5.10 Å². The third kappa shape index (κ3) is 5.18. The smallest absolute Gasteiger partial charge is 0.325 e. The minimum Gasteiger partial charge on any atom is -0.508 e. The molecule has 0 radical (unpaired) electrons. The molecule has 3 unspecified atom stereocenters. The van der Waals surface area contributed by atoms with Gasteiger partial charge in [-0.1, -0.05) is 42.5 Å². The van der Waals surface area contributed by atoms with Crippen LogP contribution in [0, 0.1) is 0 Å². The molecule has 2 heterocycles. The quantitative estimate of drug-likeness (QED) is 0.497. The van der Waals surface area contributed by atoms with Gasteiger partial charge in [0.2, 0.25) is 0 Å². The van der Waals surface area contributed by atoms with Gasteiger partial charge in [0.1, 0.15) is 18.6 Å². The Morgan fingerprint density at radius 2 is 1.91 bits per heavy atom. The summed E-state index contributed by atoms with van der Waals surface area (Å²) < 4.78 is 1.31. The number of rotatable bonds is 8. The van der Waals surface area contributed by atoms with Crippen LogP contribution in [0.15, 0.2) is 67.5 Å². The summed E-state index contributed by atoms with van der Waals surface area (Å²) in [6.07, 6.45) is 3.38. The maximum atomic E-state index is 10.9. The number of carboxylic acid groups (broad SMARTS) is 1. The average Bonchev–Trinajstić information content (AvgIpc) is 3.25. The predicted octanol–water partition coefficient (Wildman–Crippen LogP) is 3.41. The molecule has 3 atom stereocenters. The van der Waals surface area contributed by atoms with Gasteiger partial charge in [0, 0.05) is 37.3 Å². The van der Waals surface area contributed by atoms with Gasteiger partial charge in [-0.05, 0) is 37.1 Å². The zero-order valence-electron chi connectivity index (χ0n) is 19.6. The fourth-order valence-corrected chi connectivity index (χ4v) is 4.73. The molecule has 0 bridgehead atoms. The molecule has 1 aromatic heterocycles. The topological polar surface area (TPSA) is 94.7 Å². The highest BCUT2D eigenvalue weighted by Crippen LogP contribution is 2.35. The molecule has 2 aromatic carbocycles. The van der Waals surface area contributed by atoms with E-state index >= 15 is 0 Å². The maximum absolute atomic E-state index is 10.9. The summed E-state index contributed by atoms with van der Waals surface area (Å²) in [4.78, 5) is 20.1. The van der Waals surface area contributed by atoms with Gasteiger partial charge in [0.25, 0.3) is 0 Å². The molecule has 1 aliphatic rings. The standard InChI is InChI=1S/C26H31N5O3/c1-4-12-29-14-19(3)31(15-18(29)2)25(22-6-5-7-23(32)13-22)20-8-10-21(11-9-20)26-27-17-30(28-26)16-24(33)34/h4-11,13,17-19,25,32H,1,12,14-16H2,2-3H3,(H,33,34). The van der Waals surface area contributed by atoms with E-state index < -0.39 is 5.97 Å². The van der Waals surface area contributed by atoms with Crippen molar-refractivity contribution in [3.8, 4) is 17.1 Å². The van der Waals surface area contributed by atoms with Crippen LogP contribution in [0.25, 0.3) is 11.4 Å². The lowest BCUT2D eigenvalue weighted by Gasteiger charge is -2.47. The van der Waals surface area contributed by atoms with Crippen molar-refractivity contribution >= 4 is 5.97 Å². The second-order valence-electron chi connectivity index (χ2n) is 8.92. The third-order valence-electron chi connectivity index (χ3n) is 6.36. The van der Waals surface area contributed by atoms with E-state index in [1.54, 1.807) is 6.07 Å². The number of aliphatic carboxylic acids is 1. The number of nitrogens with zero attached hydrogens (tertiary/aromatic N) is 5. The van der Waals surface area contributed by atoms with Gasteiger partial charge in [0.05, 0.1) is 6.04 Å². The summed E-state index contributed by atoms with van der Waals surface area (Å²) in [6.45, 7) is 10.8. The van der Waals surface area contributed by atoms with Crippen molar-refractivity contribution in [2.75, 3.05) is 19.6 Å². The summed E-state index contributed by atoms with van der Waals surface area (Å²) in [5.41, 5.74) is 2.96. The van der Waals surface area contributed by atoms with Crippen molar-refractivity contribution in [2.24, 2.45) is 0 Å². The normalized spacial score (nSPS) is 20.2. The second-order valence-corrected chi connectivity index (χ2v) is 8.92. The van der Waals surface area contributed by atoms with E-state index in [4.69, 9.17) is 5.11 Å². The molecule has 4 rings (SSSR count). The minimum absolute atomic E-state index is 0.0259. The Kier molecular flexibility index (Phi) is 7.09. The van der Waals surface area contributed by atoms with Crippen molar-refractivity contribution in [3.05, 3.63) is 78.6 Å². The fraction of sp³-hybridized carbons (Fsp3) is 0.346. The Balaban J connectivity index is 1.65. The summed E-state index contributed by atoms with van der Waals surface area (Å²) in [5.74, 6) is -0.225. The Hall–Kier alpha value is -3.49. The third-order valence-corrected chi connectivity index (χ3v) is 6.36. The number of piperazine rings is 1. The summed E-state index contributed by atoms with van der Waals surface area (Å²) in [6, 6.07) is 16.2. The Labute approximate surface area is 199 Å². The van der Waals surface area contributed by atoms with Crippen LogP contribution in [0.1, 0.15) is 31.0 Å². The van der Waals surface area contributed by atoms with Gasteiger partial charge in [0.15, 0.2) is 5.82 Å². The van der Waals surface area contributed by atoms with Crippen molar-refractivity contribution in [1.82, 2.24) is 24.6 Å². The van der Waals surface area contributed by atoms with Crippen LogP contribution in [0.2, 0.25) is 0 Å². The molecule has 8 nitrogen and oxygen atoms in total. The van der Waals surface area contributed by atoms with Crippen LogP contribution in [-0.2, 0) is 11.3 Å². The van der Waals surface area contributed by atoms with Crippen LogP contribution in [0.5, 0.6) is 5.75 Å². The molecule has 8 heteroatoms. The van der Waals surface area contributed by atoms with Gasteiger partial charge in [-0.25, -0.2) is 9.67 Å². The number of aromatic hydroxyl groups is 1. The lowest BCUT2D eigenvalue weighted by molar-refractivity contribution is -0.137. The molecule has 0 aliphatic carbocycles. The van der Waals surface area contributed by atoms with Crippen LogP contribution < -0.4 is 0 Å². The van der Waals surface area contributed by atoms with Crippen LogP contribution in [0.4, 0.5) is 0 Å². The van der Waals surface area contributed by atoms with Gasteiger partial charge in [-0.15, -0.1) is 6.58 Å². The number of phenolic OH excluding ortho intramolecular Hbond substituents is 1. The first-order valence-electron chi connectivity index (χ1n) is 11.5. The number of carboxylic acids is 1. The van der Waals surface area contributed by atoms with E-state index in [1.807, 2.05) is 30.3 Å². The van der Waals surface area contributed by atoms with E-state index in [2.05, 4.69) is 58.5 Å². The molecule has 34 heavy (non-hydrogen) atoms. The molecule has 0 amide bonds. The molecule has 0 saturated carbocycles. The Morgan fingerprint density at radius 1 is 1.15 bits per heavy atom. The monoisotopic (exact) mass is 461 g/mol. The first-order chi connectivity index (χ1) is 16.4. The van der Waals surface area contributed by atoms with E-state index in [-0.39, 0.29) is 18.3 Å². The van der Waals surface area contributed by atoms with Crippen molar-refractivity contribution < 1.29 is 15.0 Å². The highest BCUT2D eigenvalue weighted by Gasteiger charge is 2.34. The predicted molar refractivity (Wildman–Crippen MR) is 130 cm³/mol. The molecule has 1 fully saturated rings. The second kappa shape index (κ2) is 10.2. The van der Waals surface area contributed by atoms with Crippen molar-refractivity contribution in [1.29, 1.82) is 0 Å². The van der Waals surface area contributed by atoms with Crippen LogP contribution >= 0.6 is 0 Å². The highest BCUT2D eigenvalue weighted by atomic mass is 16.4. The SMILES string of the molecule is C=CCN1CC(C)N(C(c2ccc(-c3ncn(CC(=O)O)n3)cc2)c2cccc(O)c2)CC1C. The number of carbonyl (C=O) groups is 1. The first kappa shape index (κ1) is 23.7. The average molecular weight is 462 g/mol. The number of phenols is 1. The molecule has 1 saturated heterocycles. The Morgan fingerprint density at radius 3 is 2.59 bits per heavy atom. The molecule has 2 N–H and O–H groups in total. The largest absolute Gasteiger partial charge is 0.508 e.